The minimum absolute atomic E-state index is 0.576. The molecule has 0 aromatic carbocycles. The summed E-state index contributed by atoms with van der Waals surface area (Å²) in [6.45, 7) is 1.55. The fourth-order valence-corrected chi connectivity index (χ4v) is 1.70. The number of rotatable bonds is 2. The number of hydrogen-bond donors (Lipinski definition) is 1. The lowest BCUT2D eigenvalue weighted by atomic mass is 10.3. The zero-order valence-corrected chi connectivity index (χ0v) is 8.46. The summed E-state index contributed by atoms with van der Waals surface area (Å²) in [7, 11) is 0. The van der Waals surface area contributed by atoms with Crippen LogP contribution in [0.4, 0.5) is 0 Å². The molecule has 1 N–H and O–H groups in total. The van der Waals surface area contributed by atoms with Crippen molar-refractivity contribution < 1.29 is 0 Å². The molecule has 74 valence electrons. The van der Waals surface area contributed by atoms with Gasteiger partial charge in [0.15, 0.2) is 0 Å². The molecule has 1 aromatic heterocycles. The predicted octanol–water partition coefficient (Wildman–Crippen LogP) is 1.70. The Balaban J connectivity index is 2.10. The summed E-state index contributed by atoms with van der Waals surface area (Å²) in [6.07, 6.45) is 4.99. The van der Waals surface area contributed by atoms with Gasteiger partial charge >= 0.3 is 0 Å². The van der Waals surface area contributed by atoms with E-state index in [0.717, 1.165) is 25.1 Å². The van der Waals surface area contributed by atoms with Crippen LogP contribution in [0.1, 0.15) is 18.5 Å². The van der Waals surface area contributed by atoms with Crippen LogP contribution in [0, 0.1) is 5.41 Å². The van der Waals surface area contributed by atoms with E-state index in [0.29, 0.717) is 17.4 Å². The quantitative estimate of drug-likeness (QED) is 0.809. The van der Waals surface area contributed by atoms with Gasteiger partial charge < -0.3 is 4.90 Å². The molecule has 0 aliphatic carbocycles. The Morgan fingerprint density at radius 3 is 3.07 bits per heavy atom. The van der Waals surface area contributed by atoms with E-state index in [9.17, 15) is 0 Å². The van der Waals surface area contributed by atoms with Gasteiger partial charge in [0, 0.05) is 19.2 Å². The summed E-state index contributed by atoms with van der Waals surface area (Å²) < 4.78 is 0. The second-order valence-corrected chi connectivity index (χ2v) is 3.70. The third-order valence-corrected chi connectivity index (χ3v) is 2.62. The van der Waals surface area contributed by atoms with Crippen LogP contribution in [0.5, 0.6) is 0 Å². The fraction of sp³-hybridized carbons (Fsp3) is 0.444. The third kappa shape index (κ3) is 1.85. The van der Waals surface area contributed by atoms with Crippen molar-refractivity contribution in [3.8, 4) is 0 Å². The van der Waals surface area contributed by atoms with E-state index in [1.165, 1.54) is 6.33 Å². The summed E-state index contributed by atoms with van der Waals surface area (Å²) in [4.78, 5) is 9.91. The Morgan fingerprint density at radius 1 is 1.57 bits per heavy atom. The minimum atomic E-state index is 0.576. The summed E-state index contributed by atoms with van der Waals surface area (Å²) >= 11 is 5.93. The molecule has 4 nitrogen and oxygen atoms in total. The zero-order chi connectivity index (χ0) is 9.97. The Hall–Kier alpha value is -1.16. The topological polar surface area (TPSA) is 52.9 Å². The van der Waals surface area contributed by atoms with Gasteiger partial charge in [0.25, 0.3) is 0 Å². The van der Waals surface area contributed by atoms with Gasteiger partial charge in [0.1, 0.15) is 6.33 Å². The molecule has 0 radical (unpaired) electrons. The fourth-order valence-electron chi connectivity index (χ4n) is 1.54. The van der Waals surface area contributed by atoms with Gasteiger partial charge in [-0.05, 0) is 6.42 Å². The number of likely N-dealkylation sites (tertiary alicyclic amines) is 1. The van der Waals surface area contributed by atoms with E-state index in [1.54, 1.807) is 6.20 Å². The highest BCUT2D eigenvalue weighted by molar-refractivity contribution is 6.31. The van der Waals surface area contributed by atoms with E-state index < -0.39 is 0 Å². The zero-order valence-electron chi connectivity index (χ0n) is 7.70. The van der Waals surface area contributed by atoms with Crippen LogP contribution in [0.15, 0.2) is 12.5 Å². The summed E-state index contributed by atoms with van der Waals surface area (Å²) in [5.41, 5.74) is 0.799. The molecular weight excluding hydrogens is 200 g/mol. The van der Waals surface area contributed by atoms with E-state index in [2.05, 4.69) is 9.97 Å². The maximum atomic E-state index is 7.67. The molecule has 0 unspecified atom stereocenters. The van der Waals surface area contributed by atoms with Gasteiger partial charge in [0.2, 0.25) is 0 Å². The molecule has 1 fully saturated rings. The number of nitrogens with zero attached hydrogens (tertiary/aromatic N) is 3. The molecule has 0 spiro atoms. The molecular formula is C9H11ClN4. The van der Waals surface area contributed by atoms with Crippen molar-refractivity contribution >= 4 is 17.4 Å². The van der Waals surface area contributed by atoms with Crippen molar-refractivity contribution in [2.45, 2.75) is 19.4 Å². The van der Waals surface area contributed by atoms with Crippen LogP contribution in [-0.2, 0) is 6.54 Å². The summed E-state index contributed by atoms with van der Waals surface area (Å²) in [6, 6.07) is 0. The first kappa shape index (κ1) is 9.40. The van der Waals surface area contributed by atoms with Crippen LogP contribution in [0.25, 0.3) is 0 Å². The van der Waals surface area contributed by atoms with E-state index in [1.807, 2.05) is 4.90 Å². The average Bonchev–Trinajstić information content (AvgIpc) is 2.56. The molecule has 5 heteroatoms. The molecule has 2 heterocycles. The molecule has 0 saturated carbocycles. The SMILES string of the molecule is N=C1CCCN1Cc1ncncc1Cl. The maximum absolute atomic E-state index is 7.67. The predicted molar refractivity (Wildman–Crippen MR) is 54.4 cm³/mol. The van der Waals surface area contributed by atoms with Gasteiger partial charge in [-0.15, -0.1) is 0 Å². The van der Waals surface area contributed by atoms with Crippen molar-refractivity contribution in [1.82, 2.24) is 14.9 Å². The normalized spacial score (nSPS) is 16.4. The summed E-state index contributed by atoms with van der Waals surface area (Å²) in [5, 5.41) is 8.24. The highest BCUT2D eigenvalue weighted by Gasteiger charge is 2.18. The number of amidine groups is 1. The standard InChI is InChI=1S/C9H11ClN4/c10-7-4-12-6-13-8(7)5-14-3-1-2-9(14)11/h4,6,11H,1-3,5H2. The van der Waals surface area contributed by atoms with Gasteiger partial charge in [0.05, 0.1) is 23.1 Å². The monoisotopic (exact) mass is 210 g/mol. The van der Waals surface area contributed by atoms with E-state index >= 15 is 0 Å². The molecule has 1 aromatic rings. The van der Waals surface area contributed by atoms with Crippen molar-refractivity contribution in [3.05, 3.63) is 23.2 Å². The summed E-state index contributed by atoms with van der Waals surface area (Å²) in [5.74, 6) is 0.680. The van der Waals surface area contributed by atoms with Crippen molar-refractivity contribution in [2.75, 3.05) is 6.54 Å². The third-order valence-electron chi connectivity index (χ3n) is 2.31. The number of halogens is 1. The smallest absolute Gasteiger partial charge is 0.115 e. The van der Waals surface area contributed by atoms with Crippen molar-refractivity contribution in [1.29, 1.82) is 5.41 Å². The van der Waals surface area contributed by atoms with Gasteiger partial charge in [-0.1, -0.05) is 11.6 Å². The van der Waals surface area contributed by atoms with Gasteiger partial charge in [-0.2, -0.15) is 0 Å². The molecule has 14 heavy (non-hydrogen) atoms. The first-order valence-corrected chi connectivity index (χ1v) is 4.92. The highest BCUT2D eigenvalue weighted by Crippen LogP contribution is 2.17. The Bertz CT molecular complexity index is 352. The Kier molecular flexibility index (Phi) is 2.63. The largest absolute Gasteiger partial charge is 0.355 e. The maximum Gasteiger partial charge on any atom is 0.115 e. The number of hydrogen-bond acceptors (Lipinski definition) is 3. The molecule has 1 saturated heterocycles. The average molecular weight is 211 g/mol. The second kappa shape index (κ2) is 3.92. The molecule has 0 bridgehead atoms. The first-order valence-electron chi connectivity index (χ1n) is 4.54. The van der Waals surface area contributed by atoms with E-state index in [4.69, 9.17) is 17.0 Å². The van der Waals surface area contributed by atoms with Crippen molar-refractivity contribution in [2.24, 2.45) is 0 Å². The lowest BCUT2D eigenvalue weighted by Crippen LogP contribution is -2.24. The van der Waals surface area contributed by atoms with E-state index in [-0.39, 0.29) is 0 Å². The molecule has 2 rings (SSSR count). The first-order chi connectivity index (χ1) is 6.77. The molecule has 0 atom stereocenters. The Labute approximate surface area is 87.4 Å². The molecule has 0 amide bonds. The Morgan fingerprint density at radius 2 is 2.43 bits per heavy atom. The number of aromatic nitrogens is 2. The number of nitrogens with one attached hydrogen (secondary N) is 1. The highest BCUT2D eigenvalue weighted by atomic mass is 35.5. The van der Waals surface area contributed by atoms with Crippen LogP contribution < -0.4 is 0 Å². The van der Waals surface area contributed by atoms with Crippen LogP contribution >= 0.6 is 11.6 Å². The van der Waals surface area contributed by atoms with Gasteiger partial charge in [-0.3, -0.25) is 5.41 Å². The lowest BCUT2D eigenvalue weighted by Gasteiger charge is -2.17. The lowest BCUT2D eigenvalue weighted by molar-refractivity contribution is 0.439. The van der Waals surface area contributed by atoms with Crippen molar-refractivity contribution in [3.63, 3.8) is 0 Å². The van der Waals surface area contributed by atoms with Crippen LogP contribution in [0.3, 0.4) is 0 Å². The van der Waals surface area contributed by atoms with Gasteiger partial charge in [-0.25, -0.2) is 9.97 Å². The minimum Gasteiger partial charge on any atom is -0.355 e. The molecule has 1 aliphatic heterocycles. The second-order valence-electron chi connectivity index (χ2n) is 3.29. The van der Waals surface area contributed by atoms with Crippen LogP contribution in [0.2, 0.25) is 5.02 Å². The van der Waals surface area contributed by atoms with Crippen LogP contribution in [-0.4, -0.2) is 27.2 Å². The molecule has 1 aliphatic rings.